The molecule has 1 N–H and O–H groups in total. The summed E-state index contributed by atoms with van der Waals surface area (Å²) in [6.45, 7) is -0.00691. The molecule has 12 aromatic rings. The third-order valence-electron chi connectivity index (χ3n) is 14.4. The number of ether oxygens (including phenoxy) is 3. The van der Waals surface area contributed by atoms with Crippen molar-refractivity contribution in [2.24, 2.45) is 0 Å². The van der Waals surface area contributed by atoms with Gasteiger partial charge in [0.05, 0.1) is 27.9 Å². The highest BCUT2D eigenvalue weighted by Crippen LogP contribution is 2.52. The predicted molar refractivity (Wildman–Crippen MR) is 299 cm³/mol. The zero-order valence-electron chi connectivity index (χ0n) is 40.3. The minimum atomic E-state index is -0.00691. The Morgan fingerprint density at radius 3 is 0.736 bits per heavy atom. The van der Waals surface area contributed by atoms with E-state index in [-0.39, 0.29) is 6.61 Å². The van der Waals surface area contributed by atoms with E-state index in [1.54, 1.807) is 21.3 Å². The second-order valence-electron chi connectivity index (χ2n) is 18.2. The zero-order valence-corrected chi connectivity index (χ0v) is 40.3. The molecule has 0 aliphatic carbocycles. The molecule has 0 fully saturated rings. The molecular formula is C68H50O4. The van der Waals surface area contributed by atoms with Gasteiger partial charge in [0, 0.05) is 0 Å². The van der Waals surface area contributed by atoms with Crippen LogP contribution in [-0.4, -0.2) is 26.4 Å². The van der Waals surface area contributed by atoms with Crippen molar-refractivity contribution in [1.82, 2.24) is 0 Å². The Bertz CT molecular complexity index is 3420. The first kappa shape index (κ1) is 44.3. The topological polar surface area (TPSA) is 47.9 Å². The summed E-state index contributed by atoms with van der Waals surface area (Å²) in [7, 11) is 5.13. The van der Waals surface area contributed by atoms with Crippen LogP contribution in [0.15, 0.2) is 231 Å². The first-order chi connectivity index (χ1) is 35.5. The molecule has 12 aromatic carbocycles. The maximum atomic E-state index is 10.0. The van der Waals surface area contributed by atoms with Gasteiger partial charge in [-0.2, -0.15) is 0 Å². The molecule has 0 radical (unpaired) electrons. The highest BCUT2D eigenvalue weighted by Gasteiger charge is 2.25. The van der Waals surface area contributed by atoms with Gasteiger partial charge in [0.1, 0.15) is 17.2 Å². The molecule has 72 heavy (non-hydrogen) atoms. The van der Waals surface area contributed by atoms with Crippen LogP contribution < -0.4 is 14.2 Å². The lowest BCUT2D eigenvalue weighted by Crippen LogP contribution is -1.97. The molecule has 0 spiro atoms. The Balaban J connectivity index is 1.23. The smallest absolute Gasteiger partial charge is 0.118 e. The third-order valence-corrected chi connectivity index (χ3v) is 14.4. The third kappa shape index (κ3) is 7.70. The van der Waals surface area contributed by atoms with Crippen LogP contribution in [-0.2, 0) is 6.61 Å². The fourth-order valence-corrected chi connectivity index (χ4v) is 10.9. The fourth-order valence-electron chi connectivity index (χ4n) is 10.9. The van der Waals surface area contributed by atoms with Crippen molar-refractivity contribution in [1.29, 1.82) is 0 Å². The number of methoxy groups -OCH3 is 3. The zero-order chi connectivity index (χ0) is 48.7. The molecular weight excluding hydrogens is 881 g/mol. The van der Waals surface area contributed by atoms with Crippen LogP contribution in [0.5, 0.6) is 17.2 Å². The molecule has 4 nitrogen and oxygen atoms in total. The van der Waals surface area contributed by atoms with Gasteiger partial charge in [-0.05, 0) is 175 Å². The van der Waals surface area contributed by atoms with E-state index in [0.29, 0.717) is 0 Å². The Morgan fingerprint density at radius 2 is 0.500 bits per heavy atom. The van der Waals surface area contributed by atoms with Gasteiger partial charge < -0.3 is 19.3 Å². The van der Waals surface area contributed by atoms with Gasteiger partial charge in [-0.1, -0.05) is 182 Å². The summed E-state index contributed by atoms with van der Waals surface area (Å²) in [5, 5.41) is 17.1. The minimum absolute atomic E-state index is 0.00691. The number of rotatable bonds is 12. The predicted octanol–water partition coefficient (Wildman–Crippen LogP) is 17.4. The van der Waals surface area contributed by atoms with Crippen LogP contribution >= 0.6 is 0 Å². The number of aliphatic hydroxyl groups is 1. The number of hydrogen-bond acceptors (Lipinski definition) is 4. The van der Waals surface area contributed by atoms with Crippen molar-refractivity contribution < 1.29 is 19.3 Å². The summed E-state index contributed by atoms with van der Waals surface area (Å²) in [6, 6.07) is 82.8. The number of benzene rings is 12. The molecule has 0 unspecified atom stereocenters. The second kappa shape index (κ2) is 18.7. The van der Waals surface area contributed by atoms with E-state index < -0.39 is 0 Å². The standard InChI is InChI=1S/C68H50O4/c1-70-48-30-24-45(25-31-48)52-13-5-9-17-56(52)64-40-63(55-16-8-4-12-51(55)44-22-20-43(42-69)21-23-44)59-36-37-61-65(57-18-10-6-14-53(57)46-26-32-49(71-2)33-27-46)41-66(62-39-38-60(64)67(59)68(61)62)58-19-11-7-15-54(58)47-28-34-50(72-3)35-29-47/h4-41,69H,42H2,1-3H3. The van der Waals surface area contributed by atoms with Gasteiger partial charge in [-0.15, -0.1) is 0 Å². The summed E-state index contributed by atoms with van der Waals surface area (Å²) < 4.78 is 16.8. The molecule has 0 bridgehead atoms. The highest BCUT2D eigenvalue weighted by molar-refractivity contribution is 6.32. The average Bonchev–Trinajstić information content (AvgIpc) is 3.46. The summed E-state index contributed by atoms with van der Waals surface area (Å²) in [6.07, 6.45) is 0. The lowest BCUT2D eigenvalue weighted by atomic mass is 9.79. The van der Waals surface area contributed by atoms with Crippen molar-refractivity contribution in [2.45, 2.75) is 6.61 Å². The maximum Gasteiger partial charge on any atom is 0.118 e. The SMILES string of the molecule is COc1ccc(-c2ccccc2-c2cc(-c3ccccc3-c3ccc(CO)cc3)c3ccc4c(-c5ccccc5-c5ccc(OC)cc5)cc(-c5ccccc5-c5ccc(OC)cc5)c5ccc2c3c45)cc1. The Labute approximate surface area is 420 Å². The molecule has 0 saturated carbocycles. The quantitative estimate of drug-likeness (QED) is 0.124. The molecule has 0 heterocycles. The molecule has 0 aliphatic rings. The van der Waals surface area contributed by atoms with Crippen molar-refractivity contribution >= 4 is 32.3 Å². The average molecular weight is 931 g/mol. The molecule has 4 heteroatoms. The van der Waals surface area contributed by atoms with E-state index in [1.165, 1.54) is 32.3 Å². The molecule has 0 aromatic heterocycles. The molecule has 0 saturated heterocycles. The molecule has 0 atom stereocenters. The van der Waals surface area contributed by atoms with Crippen molar-refractivity contribution in [2.75, 3.05) is 21.3 Å². The number of hydrogen-bond donors (Lipinski definition) is 1. The first-order valence-corrected chi connectivity index (χ1v) is 24.3. The van der Waals surface area contributed by atoms with E-state index in [4.69, 9.17) is 14.2 Å². The van der Waals surface area contributed by atoms with Gasteiger partial charge >= 0.3 is 0 Å². The minimum Gasteiger partial charge on any atom is -0.497 e. The van der Waals surface area contributed by atoms with Gasteiger partial charge in [-0.25, -0.2) is 0 Å². The normalized spacial score (nSPS) is 11.4. The van der Waals surface area contributed by atoms with Crippen LogP contribution in [0.25, 0.3) is 121 Å². The van der Waals surface area contributed by atoms with Gasteiger partial charge in [0.15, 0.2) is 0 Å². The molecule has 0 amide bonds. The van der Waals surface area contributed by atoms with Crippen LogP contribution in [0.3, 0.4) is 0 Å². The summed E-state index contributed by atoms with van der Waals surface area (Å²) in [5.74, 6) is 2.46. The van der Waals surface area contributed by atoms with Gasteiger partial charge in [0.25, 0.3) is 0 Å². The van der Waals surface area contributed by atoms with Crippen LogP contribution in [0, 0.1) is 0 Å². The second-order valence-corrected chi connectivity index (χ2v) is 18.2. The monoisotopic (exact) mass is 930 g/mol. The Hall–Kier alpha value is -8.96. The number of aliphatic hydroxyl groups excluding tert-OH is 1. The van der Waals surface area contributed by atoms with E-state index in [2.05, 4.69) is 182 Å². The summed E-state index contributed by atoms with van der Waals surface area (Å²) >= 11 is 0. The molecule has 0 aliphatic heterocycles. The van der Waals surface area contributed by atoms with Gasteiger partial charge in [0.2, 0.25) is 0 Å². The summed E-state index contributed by atoms with van der Waals surface area (Å²) in [5.41, 5.74) is 19.0. The van der Waals surface area contributed by atoms with Crippen molar-refractivity contribution in [3.05, 3.63) is 236 Å². The lowest BCUT2D eigenvalue weighted by Gasteiger charge is -2.24. The highest BCUT2D eigenvalue weighted by atomic mass is 16.5. The van der Waals surface area contributed by atoms with Crippen molar-refractivity contribution in [3.8, 4) is 106 Å². The van der Waals surface area contributed by atoms with Gasteiger partial charge in [-0.3, -0.25) is 0 Å². The Morgan fingerprint density at radius 1 is 0.264 bits per heavy atom. The van der Waals surface area contributed by atoms with Crippen LogP contribution in [0.1, 0.15) is 5.56 Å². The largest absolute Gasteiger partial charge is 0.497 e. The van der Waals surface area contributed by atoms with Crippen molar-refractivity contribution in [3.63, 3.8) is 0 Å². The van der Waals surface area contributed by atoms with E-state index in [0.717, 1.165) is 112 Å². The fraction of sp³-hybridized carbons (Fsp3) is 0.0588. The molecule has 346 valence electrons. The van der Waals surface area contributed by atoms with E-state index in [9.17, 15) is 5.11 Å². The van der Waals surface area contributed by atoms with E-state index >= 15 is 0 Å². The Kier molecular flexibility index (Phi) is 11.5. The van der Waals surface area contributed by atoms with E-state index in [1.807, 2.05) is 48.5 Å². The van der Waals surface area contributed by atoms with Crippen LogP contribution in [0.2, 0.25) is 0 Å². The summed E-state index contributed by atoms with van der Waals surface area (Å²) in [4.78, 5) is 0. The van der Waals surface area contributed by atoms with Crippen LogP contribution in [0.4, 0.5) is 0 Å². The lowest BCUT2D eigenvalue weighted by molar-refractivity contribution is 0.282. The molecule has 12 rings (SSSR count). The maximum absolute atomic E-state index is 10.0. The first-order valence-electron chi connectivity index (χ1n) is 24.3.